The molecule has 0 aromatic heterocycles. The molecular formula is C16H14. The number of hydrogen-bond acceptors (Lipinski definition) is 0. The highest BCUT2D eigenvalue weighted by molar-refractivity contribution is 5.66. The number of fused-ring (bicyclic) bond motifs is 1. The maximum atomic E-state index is 2.34. The molecule has 3 rings (SSSR count). The van der Waals surface area contributed by atoms with E-state index in [-0.39, 0.29) is 5.41 Å². The highest BCUT2D eigenvalue weighted by Crippen LogP contribution is 2.28. The van der Waals surface area contributed by atoms with Gasteiger partial charge in [0.25, 0.3) is 0 Å². The molecule has 1 aliphatic rings. The standard InChI is InChI=1S/C16H14/c1-16(15-9-3-2-4-10-15)11-13-7-5-6-8-14(13)12-16/h2-12H,1H3. The minimum atomic E-state index is 0.0466. The molecule has 0 nitrogen and oxygen atoms in total. The average molecular weight is 206 g/mol. The quantitative estimate of drug-likeness (QED) is 0.671. The van der Waals surface area contributed by atoms with Gasteiger partial charge in [-0.2, -0.15) is 0 Å². The maximum absolute atomic E-state index is 2.34. The summed E-state index contributed by atoms with van der Waals surface area (Å²) in [6.45, 7) is 2.27. The predicted molar refractivity (Wildman–Crippen MR) is 68.4 cm³/mol. The molecule has 0 aliphatic heterocycles. The molecule has 0 fully saturated rings. The fraction of sp³-hybridized carbons (Fsp3) is 0.125. The minimum absolute atomic E-state index is 0.0466. The number of hydrogen-bond donors (Lipinski definition) is 0. The third kappa shape index (κ3) is 1.38. The molecule has 2 aromatic carbocycles. The lowest BCUT2D eigenvalue weighted by Crippen LogP contribution is -2.19. The monoisotopic (exact) mass is 206 g/mol. The molecule has 0 N–H and O–H groups in total. The molecule has 1 aliphatic carbocycles. The van der Waals surface area contributed by atoms with Gasteiger partial charge >= 0.3 is 0 Å². The van der Waals surface area contributed by atoms with E-state index in [1.165, 1.54) is 16.0 Å². The molecule has 0 spiro atoms. The molecule has 0 saturated heterocycles. The molecule has 16 heavy (non-hydrogen) atoms. The van der Waals surface area contributed by atoms with Crippen LogP contribution in [0.5, 0.6) is 0 Å². The first-order chi connectivity index (χ1) is 7.78. The highest BCUT2D eigenvalue weighted by atomic mass is 14.3. The van der Waals surface area contributed by atoms with Crippen LogP contribution in [0.15, 0.2) is 54.6 Å². The number of rotatable bonds is 1. The van der Waals surface area contributed by atoms with Gasteiger partial charge in [0.15, 0.2) is 0 Å². The van der Waals surface area contributed by atoms with Gasteiger partial charge in [-0.25, -0.2) is 0 Å². The second kappa shape index (κ2) is 3.34. The Kier molecular flexibility index (Phi) is 1.97. The molecule has 0 unspecified atom stereocenters. The summed E-state index contributed by atoms with van der Waals surface area (Å²) in [5.74, 6) is 0. The van der Waals surface area contributed by atoms with E-state index in [4.69, 9.17) is 0 Å². The maximum Gasteiger partial charge on any atom is 0.0301 e. The van der Waals surface area contributed by atoms with Gasteiger partial charge in [-0.15, -0.1) is 0 Å². The summed E-state index contributed by atoms with van der Waals surface area (Å²) < 4.78 is 0. The molecular weight excluding hydrogens is 192 g/mol. The first-order valence-electron chi connectivity index (χ1n) is 5.64. The van der Waals surface area contributed by atoms with Crippen LogP contribution in [0.2, 0.25) is 0 Å². The summed E-state index contributed by atoms with van der Waals surface area (Å²) in [6.07, 6.45) is 4.69. The molecule has 0 radical (unpaired) electrons. The lowest BCUT2D eigenvalue weighted by Gasteiger charge is -2.19. The Morgan fingerprint density at radius 3 is 1.75 bits per heavy atom. The molecule has 0 bridgehead atoms. The van der Waals surface area contributed by atoms with Crippen molar-refractivity contribution < 1.29 is 0 Å². The van der Waals surface area contributed by atoms with Gasteiger partial charge in [0, 0.05) is 5.41 Å². The van der Waals surface area contributed by atoms with Crippen molar-refractivity contribution in [3.63, 3.8) is 0 Å². The van der Waals surface area contributed by atoms with Crippen LogP contribution >= 0.6 is 0 Å². The van der Waals surface area contributed by atoms with Gasteiger partial charge in [0.05, 0.1) is 0 Å². The van der Waals surface area contributed by atoms with Crippen molar-refractivity contribution >= 4 is 12.2 Å². The van der Waals surface area contributed by atoms with Crippen LogP contribution in [-0.4, -0.2) is 0 Å². The van der Waals surface area contributed by atoms with Gasteiger partial charge in [0.2, 0.25) is 0 Å². The second-order valence-corrected chi connectivity index (χ2v) is 4.57. The summed E-state index contributed by atoms with van der Waals surface area (Å²) in [7, 11) is 0. The minimum Gasteiger partial charge on any atom is -0.0626 e. The fourth-order valence-corrected chi connectivity index (χ4v) is 2.43. The zero-order chi connectivity index (χ0) is 11.0. The Hall–Kier alpha value is -1.82. The Labute approximate surface area is 95.6 Å². The Balaban J connectivity index is 2.22. The van der Waals surface area contributed by atoms with Crippen LogP contribution in [0.25, 0.3) is 12.2 Å². The van der Waals surface area contributed by atoms with Gasteiger partial charge in [0.1, 0.15) is 0 Å². The van der Waals surface area contributed by atoms with Crippen molar-refractivity contribution in [1.29, 1.82) is 0 Å². The average Bonchev–Trinajstić information content (AvgIpc) is 2.68. The highest BCUT2D eigenvalue weighted by Gasteiger charge is 2.23. The summed E-state index contributed by atoms with van der Waals surface area (Å²) in [6, 6.07) is 19.2. The SMILES string of the molecule is CC1(c2ccccc2)C=c2ccccc2=C1. The van der Waals surface area contributed by atoms with Crippen molar-refractivity contribution in [3.05, 3.63) is 70.6 Å². The molecule has 2 aromatic rings. The van der Waals surface area contributed by atoms with Crippen molar-refractivity contribution in [2.45, 2.75) is 12.3 Å². The molecule has 0 heterocycles. The normalized spacial score (nSPS) is 16.1. The largest absolute Gasteiger partial charge is 0.0626 e. The predicted octanol–water partition coefficient (Wildman–Crippen LogP) is 2.22. The lowest BCUT2D eigenvalue weighted by atomic mass is 9.84. The zero-order valence-corrected chi connectivity index (χ0v) is 9.35. The van der Waals surface area contributed by atoms with Crippen molar-refractivity contribution in [2.75, 3.05) is 0 Å². The van der Waals surface area contributed by atoms with E-state index in [0.29, 0.717) is 0 Å². The Morgan fingerprint density at radius 2 is 1.19 bits per heavy atom. The van der Waals surface area contributed by atoms with E-state index in [0.717, 1.165) is 0 Å². The van der Waals surface area contributed by atoms with Gasteiger partial charge in [-0.3, -0.25) is 0 Å². The van der Waals surface area contributed by atoms with Crippen molar-refractivity contribution in [2.24, 2.45) is 0 Å². The van der Waals surface area contributed by atoms with Crippen LogP contribution in [-0.2, 0) is 5.41 Å². The van der Waals surface area contributed by atoms with Crippen molar-refractivity contribution in [1.82, 2.24) is 0 Å². The summed E-state index contributed by atoms with van der Waals surface area (Å²) in [5.41, 5.74) is 1.40. The van der Waals surface area contributed by atoms with Crippen LogP contribution < -0.4 is 10.4 Å². The van der Waals surface area contributed by atoms with E-state index in [1.807, 2.05) is 0 Å². The molecule has 0 heteroatoms. The van der Waals surface area contributed by atoms with Gasteiger partial charge in [-0.1, -0.05) is 66.7 Å². The second-order valence-electron chi connectivity index (χ2n) is 4.57. The smallest absolute Gasteiger partial charge is 0.0301 e. The number of benzene rings is 2. The Bertz CT molecular complexity index is 586. The first-order valence-corrected chi connectivity index (χ1v) is 5.64. The summed E-state index contributed by atoms with van der Waals surface area (Å²) in [4.78, 5) is 0. The van der Waals surface area contributed by atoms with E-state index in [1.54, 1.807) is 0 Å². The third-order valence-electron chi connectivity index (χ3n) is 3.30. The Morgan fingerprint density at radius 1 is 0.688 bits per heavy atom. The van der Waals surface area contributed by atoms with Crippen LogP contribution in [0.1, 0.15) is 12.5 Å². The summed E-state index contributed by atoms with van der Waals surface area (Å²) in [5, 5.41) is 2.68. The van der Waals surface area contributed by atoms with Crippen LogP contribution in [0, 0.1) is 0 Å². The van der Waals surface area contributed by atoms with Gasteiger partial charge < -0.3 is 0 Å². The molecule has 78 valence electrons. The topological polar surface area (TPSA) is 0 Å². The van der Waals surface area contributed by atoms with E-state index in [2.05, 4.69) is 73.7 Å². The van der Waals surface area contributed by atoms with Crippen LogP contribution in [0.3, 0.4) is 0 Å². The summed E-state index contributed by atoms with van der Waals surface area (Å²) >= 11 is 0. The van der Waals surface area contributed by atoms with Crippen molar-refractivity contribution in [3.8, 4) is 0 Å². The first kappa shape index (κ1) is 9.41. The van der Waals surface area contributed by atoms with E-state index >= 15 is 0 Å². The van der Waals surface area contributed by atoms with Gasteiger partial charge in [-0.05, 0) is 22.9 Å². The molecule has 0 saturated carbocycles. The third-order valence-corrected chi connectivity index (χ3v) is 3.30. The van der Waals surface area contributed by atoms with E-state index < -0.39 is 0 Å². The zero-order valence-electron chi connectivity index (χ0n) is 9.35. The lowest BCUT2D eigenvalue weighted by molar-refractivity contribution is 0.862. The fourth-order valence-electron chi connectivity index (χ4n) is 2.43. The van der Waals surface area contributed by atoms with E-state index in [9.17, 15) is 0 Å². The molecule has 0 amide bonds. The molecule has 0 atom stereocenters. The van der Waals surface area contributed by atoms with Crippen LogP contribution in [0.4, 0.5) is 0 Å².